The molecule has 0 spiro atoms. The summed E-state index contributed by atoms with van der Waals surface area (Å²) in [4.78, 5) is 38.4. The van der Waals surface area contributed by atoms with Gasteiger partial charge in [0.05, 0.1) is 48.6 Å². The zero-order chi connectivity index (χ0) is 40.2. The molecule has 1 amide bonds. The minimum Gasteiger partial charge on any atom is -0.468 e. The molecule has 54 heavy (non-hydrogen) atoms. The Bertz CT molecular complexity index is 1290. The predicted molar refractivity (Wildman–Crippen MR) is 208 cm³/mol. The van der Waals surface area contributed by atoms with Crippen molar-refractivity contribution in [2.45, 2.75) is 162 Å². The molecule has 6 atom stereocenters. The summed E-state index contributed by atoms with van der Waals surface area (Å²) < 4.78 is 39.4. The molecular formula is C38H70B2N4O10. The van der Waals surface area contributed by atoms with Crippen molar-refractivity contribution in [1.29, 1.82) is 5.26 Å². The van der Waals surface area contributed by atoms with Gasteiger partial charge in [-0.05, 0) is 120 Å². The summed E-state index contributed by atoms with van der Waals surface area (Å²) in [5.41, 5.74) is 3.77. The smallest absolute Gasteiger partial charge is 0.457 e. The van der Waals surface area contributed by atoms with Gasteiger partial charge in [0.25, 0.3) is 0 Å². The maximum Gasteiger partial charge on any atom is 0.457 e. The lowest BCUT2D eigenvalue weighted by Gasteiger charge is -2.32. The predicted octanol–water partition coefficient (Wildman–Crippen LogP) is 5.24. The first-order valence-electron chi connectivity index (χ1n) is 19.1. The van der Waals surface area contributed by atoms with Crippen LogP contribution in [0.25, 0.3) is 0 Å². The molecule has 4 heterocycles. The van der Waals surface area contributed by atoms with Crippen molar-refractivity contribution >= 4 is 32.3 Å². The van der Waals surface area contributed by atoms with Gasteiger partial charge in [-0.3, -0.25) is 9.69 Å². The summed E-state index contributed by atoms with van der Waals surface area (Å²) in [6.07, 6.45) is 3.98. The number of nitrogens with one attached hydrogen (secondary N) is 1. The quantitative estimate of drug-likeness (QED) is 0.159. The monoisotopic (exact) mass is 765 g/mol. The number of likely N-dealkylation sites (tertiary alicyclic amines) is 1. The number of amides is 1. The first-order chi connectivity index (χ1) is 24.4. The molecule has 0 aromatic heterocycles. The van der Waals surface area contributed by atoms with Crippen molar-refractivity contribution in [2.75, 3.05) is 33.9 Å². The SMILES string of the molecule is C.COC(=O)[C@@H]1C(CCCB2OC(C)(C)C(C)(C)O2)C(C#N)CN1C(=O)OC(C)(C)C.COC(=O)[C@H]1NCC(CN)C1CCCB1OC(C)(C)C(C)(C)O1. The molecule has 0 radical (unpaired) electrons. The molecule has 308 valence electrons. The van der Waals surface area contributed by atoms with Crippen LogP contribution in [-0.4, -0.2) is 111 Å². The molecule has 4 rings (SSSR count). The second-order valence-corrected chi connectivity index (χ2v) is 17.8. The molecule has 4 aliphatic heterocycles. The van der Waals surface area contributed by atoms with Crippen LogP contribution in [0.4, 0.5) is 4.79 Å². The second kappa shape index (κ2) is 18.7. The third-order valence-corrected chi connectivity index (χ3v) is 11.8. The van der Waals surface area contributed by atoms with Gasteiger partial charge in [0.15, 0.2) is 0 Å². The van der Waals surface area contributed by atoms with E-state index in [1.54, 1.807) is 20.8 Å². The first kappa shape index (κ1) is 47.7. The third-order valence-electron chi connectivity index (χ3n) is 11.8. The highest BCUT2D eigenvalue weighted by molar-refractivity contribution is 6.45. The number of hydrogen-bond acceptors (Lipinski definition) is 13. The highest BCUT2D eigenvalue weighted by atomic mass is 16.7. The Balaban J connectivity index is 0.000000379. The van der Waals surface area contributed by atoms with Gasteiger partial charge in [-0.15, -0.1) is 0 Å². The van der Waals surface area contributed by atoms with E-state index < -0.39 is 40.8 Å². The third kappa shape index (κ3) is 11.3. The molecule has 0 aromatic carbocycles. The van der Waals surface area contributed by atoms with Gasteiger partial charge in [-0.25, -0.2) is 9.59 Å². The molecule has 16 heteroatoms. The fraction of sp³-hybridized carbons (Fsp3) is 0.895. The van der Waals surface area contributed by atoms with E-state index in [-0.39, 0.29) is 63.3 Å². The number of rotatable bonds is 11. The number of methoxy groups -OCH3 is 2. The maximum absolute atomic E-state index is 12.7. The Morgan fingerprint density at radius 1 is 0.833 bits per heavy atom. The Morgan fingerprint density at radius 3 is 1.67 bits per heavy atom. The van der Waals surface area contributed by atoms with Crippen LogP contribution in [0, 0.1) is 35.0 Å². The largest absolute Gasteiger partial charge is 0.468 e. The van der Waals surface area contributed by atoms with Crippen LogP contribution in [0.3, 0.4) is 0 Å². The van der Waals surface area contributed by atoms with Crippen molar-refractivity contribution in [3.63, 3.8) is 0 Å². The molecule has 4 unspecified atom stereocenters. The summed E-state index contributed by atoms with van der Waals surface area (Å²) in [7, 11) is 2.20. The lowest BCUT2D eigenvalue weighted by Crippen LogP contribution is -2.46. The fourth-order valence-electron chi connectivity index (χ4n) is 7.44. The van der Waals surface area contributed by atoms with Gasteiger partial charge in [0.2, 0.25) is 0 Å². The molecule has 4 saturated heterocycles. The van der Waals surface area contributed by atoms with Gasteiger partial charge in [0, 0.05) is 19.0 Å². The Hall–Kier alpha value is -2.41. The molecule has 0 saturated carbocycles. The molecule has 0 aliphatic carbocycles. The lowest BCUT2D eigenvalue weighted by molar-refractivity contribution is -0.147. The van der Waals surface area contributed by atoms with Crippen LogP contribution >= 0.6 is 0 Å². The average molecular weight is 765 g/mol. The fourth-order valence-corrected chi connectivity index (χ4v) is 7.44. The zero-order valence-electron chi connectivity index (χ0n) is 34.5. The molecule has 4 aliphatic rings. The van der Waals surface area contributed by atoms with Crippen molar-refractivity contribution in [2.24, 2.45) is 29.4 Å². The van der Waals surface area contributed by atoms with Crippen LogP contribution in [0.5, 0.6) is 0 Å². The number of carbonyl (C=O) groups is 3. The zero-order valence-corrected chi connectivity index (χ0v) is 34.5. The summed E-state index contributed by atoms with van der Waals surface area (Å²) in [5.74, 6) is -0.995. The number of nitriles is 1. The maximum atomic E-state index is 12.7. The van der Waals surface area contributed by atoms with Crippen molar-refractivity contribution < 1.29 is 47.2 Å². The van der Waals surface area contributed by atoms with Gasteiger partial charge in [0.1, 0.15) is 17.7 Å². The van der Waals surface area contributed by atoms with E-state index >= 15 is 0 Å². The summed E-state index contributed by atoms with van der Waals surface area (Å²) in [6, 6.07) is 1.17. The lowest BCUT2D eigenvalue weighted by atomic mass is 9.78. The molecule has 14 nitrogen and oxygen atoms in total. The highest BCUT2D eigenvalue weighted by Crippen LogP contribution is 2.41. The minimum absolute atomic E-state index is 0. The van der Waals surface area contributed by atoms with Crippen LogP contribution < -0.4 is 11.1 Å². The van der Waals surface area contributed by atoms with Crippen LogP contribution in [0.1, 0.15) is 109 Å². The number of ether oxygens (including phenoxy) is 3. The van der Waals surface area contributed by atoms with Gasteiger partial charge < -0.3 is 43.9 Å². The normalized spacial score (nSPS) is 29.1. The van der Waals surface area contributed by atoms with Gasteiger partial charge in [-0.1, -0.05) is 20.3 Å². The number of carbonyl (C=O) groups excluding carboxylic acids is 3. The van der Waals surface area contributed by atoms with Crippen molar-refractivity contribution in [1.82, 2.24) is 10.2 Å². The summed E-state index contributed by atoms with van der Waals surface area (Å²) in [6.45, 7) is 23.0. The number of hydrogen-bond donors (Lipinski definition) is 2. The van der Waals surface area contributed by atoms with Gasteiger partial charge >= 0.3 is 32.3 Å². The van der Waals surface area contributed by atoms with Crippen molar-refractivity contribution in [3.05, 3.63) is 0 Å². The molecule has 3 N–H and O–H groups in total. The Labute approximate surface area is 325 Å². The number of esters is 2. The summed E-state index contributed by atoms with van der Waals surface area (Å²) >= 11 is 0. The van der Waals surface area contributed by atoms with E-state index in [0.29, 0.717) is 31.6 Å². The van der Waals surface area contributed by atoms with Gasteiger partial charge in [-0.2, -0.15) is 5.26 Å². The topological polar surface area (TPSA) is 181 Å². The Kier molecular flexibility index (Phi) is 16.5. The van der Waals surface area contributed by atoms with Crippen LogP contribution in [0.2, 0.25) is 12.6 Å². The Morgan fingerprint density at radius 2 is 1.28 bits per heavy atom. The molecular weight excluding hydrogens is 694 g/mol. The molecule has 0 aromatic rings. The van der Waals surface area contributed by atoms with E-state index in [1.165, 1.54) is 19.1 Å². The number of nitrogens with zero attached hydrogens (tertiary/aromatic N) is 2. The van der Waals surface area contributed by atoms with E-state index in [4.69, 9.17) is 38.6 Å². The van der Waals surface area contributed by atoms with E-state index in [9.17, 15) is 19.6 Å². The van der Waals surface area contributed by atoms with Crippen molar-refractivity contribution in [3.8, 4) is 6.07 Å². The average Bonchev–Trinajstić information content (AvgIpc) is 3.74. The minimum atomic E-state index is -0.840. The second-order valence-electron chi connectivity index (χ2n) is 17.8. The van der Waals surface area contributed by atoms with E-state index in [1.807, 2.05) is 27.7 Å². The first-order valence-corrected chi connectivity index (χ1v) is 19.1. The highest BCUT2D eigenvalue weighted by Gasteiger charge is 2.53. The van der Waals surface area contributed by atoms with Crippen LogP contribution in [-0.2, 0) is 42.4 Å². The molecule has 0 bridgehead atoms. The summed E-state index contributed by atoms with van der Waals surface area (Å²) in [5, 5.41) is 12.9. The molecule has 4 fully saturated rings. The van der Waals surface area contributed by atoms with Crippen LogP contribution in [0.15, 0.2) is 0 Å². The standard InChI is InChI=1S/C21H35BN2O6.C16H31BN2O4.CH4/c1-19(2,3)28-18(26)24-13-14(12-23)15(16(24)17(25)27-8)10-9-11-22-29-20(4,5)21(6,7)30-22;1-15(2)16(3,4)23-17(22-15)8-6-7-12-11(9-18)10-19-13(12)14(20)21-5;/h14-16H,9-11,13H2,1-8H3;11-13,19H,6-10,18H2,1-5H3;1H4/t14?,15?,16-;11?,12?,13-;/m00./s1. The van der Waals surface area contributed by atoms with E-state index in [2.05, 4.69) is 39.1 Å². The van der Waals surface area contributed by atoms with E-state index in [0.717, 1.165) is 25.7 Å². The number of nitrogens with two attached hydrogens (primary N) is 1.